The summed E-state index contributed by atoms with van der Waals surface area (Å²) in [5.41, 5.74) is 2.02. The number of hydrogen-bond donors (Lipinski definition) is 1. The van der Waals surface area contributed by atoms with E-state index >= 15 is 0 Å². The van der Waals surface area contributed by atoms with Crippen LogP contribution in [-0.2, 0) is 6.54 Å². The van der Waals surface area contributed by atoms with Gasteiger partial charge in [-0.3, -0.25) is 0 Å². The van der Waals surface area contributed by atoms with Crippen LogP contribution in [0.2, 0.25) is 0 Å². The van der Waals surface area contributed by atoms with Crippen molar-refractivity contribution in [1.29, 1.82) is 0 Å². The van der Waals surface area contributed by atoms with Crippen molar-refractivity contribution in [2.45, 2.75) is 13.5 Å². The quantitative estimate of drug-likeness (QED) is 0.893. The van der Waals surface area contributed by atoms with Crippen LogP contribution >= 0.6 is 0 Å². The summed E-state index contributed by atoms with van der Waals surface area (Å²) < 4.78 is 18.4. The molecule has 0 unspecified atom stereocenters. The van der Waals surface area contributed by atoms with E-state index < -0.39 is 0 Å². The lowest BCUT2D eigenvalue weighted by molar-refractivity contribution is 0.194. The van der Waals surface area contributed by atoms with E-state index in [1.54, 1.807) is 12.1 Å². The molecule has 138 valence electrons. The highest BCUT2D eigenvalue weighted by molar-refractivity contribution is 5.74. The molecule has 26 heavy (non-hydrogen) atoms. The molecule has 0 aliphatic carbocycles. The Hall–Kier alpha value is -2.76. The van der Waals surface area contributed by atoms with Crippen LogP contribution in [0, 0.1) is 5.82 Å². The predicted octanol–water partition coefficient (Wildman–Crippen LogP) is 3.26. The second-order valence-corrected chi connectivity index (χ2v) is 6.19. The van der Waals surface area contributed by atoms with E-state index in [-0.39, 0.29) is 11.8 Å². The summed E-state index contributed by atoms with van der Waals surface area (Å²) in [7, 11) is 0. The van der Waals surface area contributed by atoms with Crippen LogP contribution in [0.4, 0.5) is 14.9 Å². The molecular formula is C20H24FN3O2. The number of benzene rings is 2. The number of nitrogens with one attached hydrogen (secondary N) is 1. The summed E-state index contributed by atoms with van der Waals surface area (Å²) in [4.78, 5) is 16.4. The zero-order valence-corrected chi connectivity index (χ0v) is 15.0. The van der Waals surface area contributed by atoms with Crippen LogP contribution in [-0.4, -0.2) is 43.7 Å². The number of urea groups is 1. The number of rotatable bonds is 5. The Balaban J connectivity index is 1.46. The van der Waals surface area contributed by atoms with Crippen molar-refractivity contribution in [2.75, 3.05) is 37.7 Å². The first-order valence-electron chi connectivity index (χ1n) is 8.90. The van der Waals surface area contributed by atoms with Crippen LogP contribution in [0.3, 0.4) is 0 Å². The number of hydrogen-bond acceptors (Lipinski definition) is 3. The first-order valence-corrected chi connectivity index (χ1v) is 8.90. The molecular weight excluding hydrogens is 333 g/mol. The summed E-state index contributed by atoms with van der Waals surface area (Å²) in [5, 5.41) is 2.89. The van der Waals surface area contributed by atoms with E-state index in [1.807, 2.05) is 24.0 Å². The van der Waals surface area contributed by atoms with Crippen molar-refractivity contribution in [3.8, 4) is 5.75 Å². The van der Waals surface area contributed by atoms with Crippen molar-refractivity contribution in [1.82, 2.24) is 10.2 Å². The maximum Gasteiger partial charge on any atom is 0.317 e. The van der Waals surface area contributed by atoms with Crippen molar-refractivity contribution in [2.24, 2.45) is 0 Å². The molecule has 1 heterocycles. The van der Waals surface area contributed by atoms with E-state index in [2.05, 4.69) is 22.3 Å². The fourth-order valence-electron chi connectivity index (χ4n) is 2.98. The second-order valence-electron chi connectivity index (χ2n) is 6.19. The smallest absolute Gasteiger partial charge is 0.317 e. The molecule has 0 spiro atoms. The van der Waals surface area contributed by atoms with Gasteiger partial charge in [0, 0.05) is 38.4 Å². The van der Waals surface area contributed by atoms with Gasteiger partial charge in [-0.25, -0.2) is 9.18 Å². The lowest BCUT2D eigenvalue weighted by Crippen LogP contribution is -2.51. The summed E-state index contributed by atoms with van der Waals surface area (Å²) in [6.07, 6.45) is 0. The van der Waals surface area contributed by atoms with Crippen LogP contribution in [0.25, 0.3) is 0 Å². The van der Waals surface area contributed by atoms with Gasteiger partial charge in [-0.1, -0.05) is 12.1 Å². The number of anilines is 1. The molecule has 1 fully saturated rings. The van der Waals surface area contributed by atoms with E-state index in [4.69, 9.17) is 4.74 Å². The lowest BCUT2D eigenvalue weighted by atomic mass is 10.2. The van der Waals surface area contributed by atoms with E-state index in [1.165, 1.54) is 12.1 Å². The molecule has 2 aromatic carbocycles. The Morgan fingerprint density at radius 2 is 1.69 bits per heavy atom. The van der Waals surface area contributed by atoms with Gasteiger partial charge in [-0.2, -0.15) is 0 Å². The number of carbonyl (C=O) groups is 1. The summed E-state index contributed by atoms with van der Waals surface area (Å²) >= 11 is 0. The van der Waals surface area contributed by atoms with E-state index in [9.17, 15) is 9.18 Å². The Labute approximate surface area is 153 Å². The molecule has 2 aromatic rings. The fourth-order valence-corrected chi connectivity index (χ4v) is 2.98. The van der Waals surface area contributed by atoms with Gasteiger partial charge in [-0.05, 0) is 48.9 Å². The zero-order valence-electron chi connectivity index (χ0n) is 15.0. The Morgan fingerprint density at radius 1 is 1.04 bits per heavy atom. The highest BCUT2D eigenvalue weighted by atomic mass is 19.1. The Bertz CT molecular complexity index is 711. The molecule has 0 bridgehead atoms. The van der Waals surface area contributed by atoms with Gasteiger partial charge in [0.15, 0.2) is 0 Å². The topological polar surface area (TPSA) is 44.8 Å². The van der Waals surface area contributed by atoms with Gasteiger partial charge in [0.25, 0.3) is 0 Å². The molecule has 5 nitrogen and oxygen atoms in total. The van der Waals surface area contributed by atoms with Crippen LogP contribution < -0.4 is 15.0 Å². The number of halogens is 1. The third kappa shape index (κ3) is 4.65. The van der Waals surface area contributed by atoms with Gasteiger partial charge < -0.3 is 19.9 Å². The molecule has 0 atom stereocenters. The molecule has 1 N–H and O–H groups in total. The van der Waals surface area contributed by atoms with Crippen molar-refractivity contribution in [3.05, 3.63) is 59.9 Å². The Kier molecular flexibility index (Phi) is 5.94. The number of piperazine rings is 1. The minimum absolute atomic E-state index is 0.0827. The molecule has 0 aromatic heterocycles. The van der Waals surface area contributed by atoms with Crippen LogP contribution in [0.15, 0.2) is 48.5 Å². The van der Waals surface area contributed by atoms with E-state index in [0.717, 1.165) is 30.1 Å². The standard InChI is InChI=1S/C20H24FN3O2/c1-2-26-19-9-7-18(8-10-19)23-11-13-24(14-12-23)20(25)22-15-16-3-5-17(21)6-4-16/h3-10H,2,11-15H2,1H3,(H,22,25). The lowest BCUT2D eigenvalue weighted by Gasteiger charge is -2.36. The summed E-state index contributed by atoms with van der Waals surface area (Å²) in [6, 6.07) is 14.1. The van der Waals surface area contributed by atoms with Gasteiger partial charge in [-0.15, -0.1) is 0 Å². The molecule has 3 rings (SSSR count). The van der Waals surface area contributed by atoms with Gasteiger partial charge in [0.1, 0.15) is 11.6 Å². The molecule has 1 aliphatic rings. The third-order valence-corrected chi connectivity index (χ3v) is 4.44. The summed E-state index contributed by atoms with van der Waals surface area (Å²) in [5.74, 6) is 0.598. The third-order valence-electron chi connectivity index (χ3n) is 4.44. The van der Waals surface area contributed by atoms with Crippen molar-refractivity contribution in [3.63, 3.8) is 0 Å². The molecule has 1 saturated heterocycles. The average Bonchev–Trinajstić information content (AvgIpc) is 2.68. The second kappa shape index (κ2) is 8.56. The van der Waals surface area contributed by atoms with Crippen molar-refractivity contribution < 1.29 is 13.9 Å². The number of nitrogens with zero attached hydrogens (tertiary/aromatic N) is 2. The van der Waals surface area contributed by atoms with Crippen LogP contribution in [0.5, 0.6) is 5.75 Å². The largest absolute Gasteiger partial charge is 0.494 e. The zero-order chi connectivity index (χ0) is 18.4. The molecule has 1 aliphatic heterocycles. The number of amides is 2. The predicted molar refractivity (Wildman–Crippen MR) is 100 cm³/mol. The summed E-state index contributed by atoms with van der Waals surface area (Å²) in [6.45, 7) is 5.94. The molecule has 6 heteroatoms. The average molecular weight is 357 g/mol. The van der Waals surface area contributed by atoms with E-state index in [0.29, 0.717) is 26.2 Å². The highest BCUT2D eigenvalue weighted by Gasteiger charge is 2.21. The molecule has 0 saturated carbocycles. The maximum absolute atomic E-state index is 12.9. The normalized spacial score (nSPS) is 14.2. The number of carbonyl (C=O) groups excluding carboxylic acids is 1. The SMILES string of the molecule is CCOc1ccc(N2CCN(C(=O)NCc3ccc(F)cc3)CC2)cc1. The van der Waals surface area contributed by atoms with Gasteiger partial charge in [0.2, 0.25) is 0 Å². The first-order chi connectivity index (χ1) is 12.7. The monoisotopic (exact) mass is 357 g/mol. The fraction of sp³-hybridized carbons (Fsp3) is 0.350. The minimum Gasteiger partial charge on any atom is -0.494 e. The number of ether oxygens (including phenoxy) is 1. The highest BCUT2D eigenvalue weighted by Crippen LogP contribution is 2.20. The Morgan fingerprint density at radius 3 is 2.31 bits per heavy atom. The van der Waals surface area contributed by atoms with Gasteiger partial charge >= 0.3 is 6.03 Å². The molecule has 0 radical (unpaired) electrons. The molecule has 2 amide bonds. The van der Waals surface area contributed by atoms with Crippen LogP contribution in [0.1, 0.15) is 12.5 Å². The first kappa shape index (κ1) is 18.0. The minimum atomic E-state index is -0.273. The van der Waals surface area contributed by atoms with Crippen molar-refractivity contribution >= 4 is 11.7 Å². The van der Waals surface area contributed by atoms with Gasteiger partial charge in [0.05, 0.1) is 6.61 Å². The maximum atomic E-state index is 12.9.